The summed E-state index contributed by atoms with van der Waals surface area (Å²) in [5.74, 6) is 0.113. The fourth-order valence-corrected chi connectivity index (χ4v) is 3.69. The molecule has 1 unspecified atom stereocenters. The minimum Gasteiger partial charge on any atom is -0.340 e. The molecule has 0 saturated carbocycles. The first kappa shape index (κ1) is 16.5. The fourth-order valence-electron chi connectivity index (χ4n) is 2.94. The van der Waals surface area contributed by atoms with Crippen LogP contribution < -0.4 is 5.73 Å². The number of carbonyl (C=O) groups is 1. The predicted octanol–water partition coefficient (Wildman–Crippen LogP) is 2.30. The lowest BCUT2D eigenvalue weighted by atomic mass is 9.95. The van der Waals surface area contributed by atoms with Crippen molar-refractivity contribution in [2.75, 3.05) is 26.2 Å². The quantitative estimate of drug-likeness (QED) is 0.908. The Kier molecular flexibility index (Phi) is 5.79. The third-order valence-electron chi connectivity index (χ3n) is 4.09. The average molecular weight is 309 g/mol. The summed E-state index contributed by atoms with van der Waals surface area (Å²) in [6.45, 7) is 8.55. The molecule has 0 radical (unpaired) electrons. The summed E-state index contributed by atoms with van der Waals surface area (Å²) in [6, 6.07) is 4.27. The molecule has 1 saturated heterocycles. The van der Waals surface area contributed by atoms with E-state index in [0.717, 1.165) is 52.0 Å². The lowest BCUT2D eigenvalue weighted by Crippen LogP contribution is -2.53. The van der Waals surface area contributed by atoms with Crippen LogP contribution in [0.2, 0.25) is 0 Å². The Morgan fingerprint density at radius 1 is 1.38 bits per heavy atom. The third-order valence-corrected chi connectivity index (χ3v) is 4.95. The van der Waals surface area contributed by atoms with Crippen molar-refractivity contribution in [1.29, 1.82) is 0 Å². The van der Waals surface area contributed by atoms with Gasteiger partial charge in [-0.3, -0.25) is 9.69 Å². The summed E-state index contributed by atoms with van der Waals surface area (Å²) in [7, 11) is 0. The van der Waals surface area contributed by atoms with Crippen LogP contribution in [-0.2, 0) is 11.3 Å². The number of amides is 1. The first-order valence-electron chi connectivity index (χ1n) is 7.86. The Labute approximate surface area is 131 Å². The van der Waals surface area contributed by atoms with E-state index < -0.39 is 5.54 Å². The van der Waals surface area contributed by atoms with Crippen LogP contribution in [0.1, 0.15) is 38.0 Å². The molecule has 118 valence electrons. The molecule has 1 aromatic heterocycles. The zero-order valence-corrected chi connectivity index (χ0v) is 14.0. The normalized spacial score (nSPS) is 20.0. The molecule has 2 rings (SSSR count). The van der Waals surface area contributed by atoms with Crippen molar-refractivity contribution in [3.63, 3.8) is 0 Å². The number of thiophene rings is 1. The highest BCUT2D eigenvalue weighted by Crippen LogP contribution is 2.17. The van der Waals surface area contributed by atoms with E-state index in [-0.39, 0.29) is 5.91 Å². The van der Waals surface area contributed by atoms with Crippen LogP contribution in [0, 0.1) is 0 Å². The first-order chi connectivity index (χ1) is 10.0. The molecular weight excluding hydrogens is 282 g/mol. The molecule has 2 heterocycles. The summed E-state index contributed by atoms with van der Waals surface area (Å²) in [5.41, 5.74) is 5.48. The molecule has 0 spiro atoms. The highest BCUT2D eigenvalue weighted by Gasteiger charge is 2.32. The molecule has 4 nitrogen and oxygen atoms in total. The molecule has 2 N–H and O–H groups in total. The van der Waals surface area contributed by atoms with Gasteiger partial charge in [0.1, 0.15) is 0 Å². The minimum atomic E-state index is -0.711. The molecule has 1 fully saturated rings. The van der Waals surface area contributed by atoms with Crippen molar-refractivity contribution in [3.05, 3.63) is 22.4 Å². The van der Waals surface area contributed by atoms with Gasteiger partial charge in [-0.1, -0.05) is 19.4 Å². The van der Waals surface area contributed by atoms with Crippen molar-refractivity contribution < 1.29 is 4.79 Å². The van der Waals surface area contributed by atoms with E-state index in [4.69, 9.17) is 5.73 Å². The molecular formula is C16H27N3OS. The SMILES string of the molecule is CCCC(C)(N)C(=O)N1CCCN(Cc2cccs2)CC1. The minimum absolute atomic E-state index is 0.113. The van der Waals surface area contributed by atoms with E-state index in [1.165, 1.54) is 4.88 Å². The number of nitrogens with zero attached hydrogens (tertiary/aromatic N) is 2. The first-order valence-corrected chi connectivity index (χ1v) is 8.74. The van der Waals surface area contributed by atoms with Crippen LogP contribution in [0.4, 0.5) is 0 Å². The monoisotopic (exact) mass is 309 g/mol. The van der Waals surface area contributed by atoms with Gasteiger partial charge in [0.25, 0.3) is 0 Å². The van der Waals surface area contributed by atoms with Gasteiger partial charge in [0.15, 0.2) is 0 Å². The van der Waals surface area contributed by atoms with Crippen LogP contribution in [-0.4, -0.2) is 47.4 Å². The van der Waals surface area contributed by atoms with Gasteiger partial charge >= 0.3 is 0 Å². The van der Waals surface area contributed by atoms with E-state index in [1.54, 1.807) is 11.3 Å². The Balaban J connectivity index is 1.89. The molecule has 21 heavy (non-hydrogen) atoms. The molecule has 0 aliphatic carbocycles. The largest absolute Gasteiger partial charge is 0.340 e. The van der Waals surface area contributed by atoms with Crippen LogP contribution in [0.5, 0.6) is 0 Å². The number of hydrogen-bond donors (Lipinski definition) is 1. The van der Waals surface area contributed by atoms with Crippen molar-refractivity contribution in [2.24, 2.45) is 5.73 Å². The Morgan fingerprint density at radius 3 is 2.86 bits per heavy atom. The molecule has 1 aromatic rings. The Hall–Kier alpha value is -0.910. The van der Waals surface area contributed by atoms with Gasteiger partial charge in [-0.15, -0.1) is 11.3 Å². The number of hydrogen-bond acceptors (Lipinski definition) is 4. The summed E-state index contributed by atoms with van der Waals surface area (Å²) in [4.78, 5) is 18.4. The molecule has 1 amide bonds. The highest BCUT2D eigenvalue weighted by molar-refractivity contribution is 7.09. The van der Waals surface area contributed by atoms with E-state index >= 15 is 0 Å². The van der Waals surface area contributed by atoms with Gasteiger partial charge in [0, 0.05) is 37.6 Å². The van der Waals surface area contributed by atoms with E-state index in [1.807, 2.05) is 11.8 Å². The van der Waals surface area contributed by atoms with E-state index in [0.29, 0.717) is 0 Å². The Bertz CT molecular complexity index is 444. The van der Waals surface area contributed by atoms with Gasteiger partial charge in [0.2, 0.25) is 5.91 Å². The molecule has 0 bridgehead atoms. The van der Waals surface area contributed by atoms with E-state index in [9.17, 15) is 4.79 Å². The van der Waals surface area contributed by atoms with Crippen molar-refractivity contribution >= 4 is 17.2 Å². The van der Waals surface area contributed by atoms with Gasteiger partial charge in [0.05, 0.1) is 5.54 Å². The number of rotatable bonds is 5. The lowest BCUT2D eigenvalue weighted by Gasteiger charge is -2.31. The maximum Gasteiger partial charge on any atom is 0.242 e. The Morgan fingerprint density at radius 2 is 2.19 bits per heavy atom. The lowest BCUT2D eigenvalue weighted by molar-refractivity contribution is -0.136. The van der Waals surface area contributed by atoms with E-state index in [2.05, 4.69) is 29.3 Å². The second-order valence-electron chi connectivity index (χ2n) is 6.17. The predicted molar refractivity (Wildman–Crippen MR) is 88.3 cm³/mol. The molecule has 1 aliphatic heterocycles. The van der Waals surface area contributed by atoms with Crippen molar-refractivity contribution in [1.82, 2.24) is 9.80 Å². The number of carbonyl (C=O) groups excluding carboxylic acids is 1. The van der Waals surface area contributed by atoms with Crippen LogP contribution in [0.15, 0.2) is 17.5 Å². The van der Waals surface area contributed by atoms with Crippen molar-refractivity contribution in [3.8, 4) is 0 Å². The zero-order valence-electron chi connectivity index (χ0n) is 13.2. The highest BCUT2D eigenvalue weighted by atomic mass is 32.1. The van der Waals surface area contributed by atoms with Crippen molar-refractivity contribution in [2.45, 2.75) is 45.2 Å². The smallest absolute Gasteiger partial charge is 0.242 e. The van der Waals surface area contributed by atoms with Gasteiger partial charge in [-0.05, 0) is 31.2 Å². The molecule has 0 aromatic carbocycles. The molecule has 1 aliphatic rings. The molecule has 5 heteroatoms. The average Bonchev–Trinajstić information content (AvgIpc) is 2.83. The van der Waals surface area contributed by atoms with Gasteiger partial charge in [-0.25, -0.2) is 0 Å². The van der Waals surface area contributed by atoms with Gasteiger partial charge < -0.3 is 10.6 Å². The van der Waals surface area contributed by atoms with Gasteiger partial charge in [-0.2, -0.15) is 0 Å². The standard InChI is InChI=1S/C16H27N3OS/c1-3-7-16(2,17)15(20)19-9-5-8-18(10-11-19)13-14-6-4-12-21-14/h4,6,12H,3,5,7-11,13,17H2,1-2H3. The maximum atomic E-state index is 12.6. The van der Waals surface area contributed by atoms with Crippen LogP contribution >= 0.6 is 11.3 Å². The van der Waals surface area contributed by atoms with Crippen LogP contribution in [0.25, 0.3) is 0 Å². The van der Waals surface area contributed by atoms with Crippen LogP contribution in [0.3, 0.4) is 0 Å². The number of nitrogens with two attached hydrogens (primary N) is 1. The maximum absolute atomic E-state index is 12.6. The summed E-state index contributed by atoms with van der Waals surface area (Å²) >= 11 is 1.80. The zero-order chi connectivity index (χ0) is 15.3. The third kappa shape index (κ3) is 4.53. The second kappa shape index (κ2) is 7.38. The topological polar surface area (TPSA) is 49.6 Å². The second-order valence-corrected chi connectivity index (χ2v) is 7.20. The summed E-state index contributed by atoms with van der Waals surface area (Å²) < 4.78 is 0. The summed E-state index contributed by atoms with van der Waals surface area (Å²) in [6.07, 6.45) is 2.72. The fraction of sp³-hybridized carbons (Fsp3) is 0.688. The summed E-state index contributed by atoms with van der Waals surface area (Å²) in [5, 5.41) is 2.12. The molecule has 1 atom stereocenters.